The first-order valence-corrected chi connectivity index (χ1v) is 7.11. The highest BCUT2D eigenvalue weighted by atomic mass is 16.5. The van der Waals surface area contributed by atoms with Crippen molar-refractivity contribution >= 4 is 22.5 Å². The highest BCUT2D eigenvalue weighted by Gasteiger charge is 2.21. The molecule has 112 valence electrons. The summed E-state index contributed by atoms with van der Waals surface area (Å²) < 4.78 is 7.33. The van der Waals surface area contributed by atoms with Gasteiger partial charge in [0.15, 0.2) is 11.4 Å². The van der Waals surface area contributed by atoms with Gasteiger partial charge < -0.3 is 14.6 Å². The van der Waals surface area contributed by atoms with Gasteiger partial charge >= 0.3 is 0 Å². The van der Waals surface area contributed by atoms with Crippen molar-refractivity contribution in [2.24, 2.45) is 7.05 Å². The van der Waals surface area contributed by atoms with Gasteiger partial charge in [-0.2, -0.15) is 0 Å². The number of aromatic nitrogens is 1. The van der Waals surface area contributed by atoms with Crippen LogP contribution in [0, 0.1) is 6.92 Å². The molecule has 0 aliphatic rings. The molecule has 0 aliphatic carbocycles. The lowest BCUT2D eigenvalue weighted by Gasteiger charge is -2.08. The first-order chi connectivity index (χ1) is 10.6. The molecular weight excluding hydrogens is 276 g/mol. The molecular formula is C18H18N2O2. The van der Waals surface area contributed by atoms with Crippen LogP contribution in [0.5, 0.6) is 5.75 Å². The number of fused-ring (bicyclic) bond motifs is 1. The van der Waals surface area contributed by atoms with Crippen molar-refractivity contribution < 1.29 is 9.53 Å². The minimum absolute atomic E-state index is 0.181. The predicted octanol–water partition coefficient (Wildman–Crippen LogP) is 3.75. The second-order valence-corrected chi connectivity index (χ2v) is 5.28. The lowest BCUT2D eigenvalue weighted by Crippen LogP contribution is -2.16. The van der Waals surface area contributed by atoms with Crippen molar-refractivity contribution in [3.63, 3.8) is 0 Å². The molecule has 0 saturated carbocycles. The number of hydrogen-bond donors (Lipinski definition) is 1. The first kappa shape index (κ1) is 14.2. The zero-order valence-electron chi connectivity index (χ0n) is 12.9. The number of anilines is 1. The number of benzene rings is 2. The van der Waals surface area contributed by atoms with E-state index in [0.717, 1.165) is 22.2 Å². The highest BCUT2D eigenvalue weighted by Crippen LogP contribution is 2.32. The van der Waals surface area contributed by atoms with E-state index in [1.165, 1.54) is 0 Å². The van der Waals surface area contributed by atoms with Gasteiger partial charge in [-0.15, -0.1) is 0 Å². The average molecular weight is 294 g/mol. The lowest BCUT2D eigenvalue weighted by atomic mass is 10.2. The van der Waals surface area contributed by atoms with E-state index in [4.69, 9.17) is 4.74 Å². The molecule has 2 aromatic carbocycles. The summed E-state index contributed by atoms with van der Waals surface area (Å²) >= 11 is 0. The van der Waals surface area contributed by atoms with Gasteiger partial charge in [0.25, 0.3) is 5.91 Å². The fourth-order valence-corrected chi connectivity index (χ4v) is 2.65. The molecule has 0 radical (unpaired) electrons. The number of ether oxygens (including phenoxy) is 1. The Balaban J connectivity index is 2.03. The fourth-order valence-electron chi connectivity index (χ4n) is 2.65. The molecule has 0 fully saturated rings. The maximum atomic E-state index is 12.7. The lowest BCUT2D eigenvalue weighted by molar-refractivity contribution is 0.101. The number of nitrogens with one attached hydrogen (secondary N) is 1. The van der Waals surface area contributed by atoms with Gasteiger partial charge in [0.1, 0.15) is 0 Å². The summed E-state index contributed by atoms with van der Waals surface area (Å²) in [6, 6.07) is 15.5. The fraction of sp³-hybridized carbons (Fsp3) is 0.167. The number of methoxy groups -OCH3 is 1. The molecule has 1 N–H and O–H groups in total. The summed E-state index contributed by atoms with van der Waals surface area (Å²) in [5, 5.41) is 3.85. The van der Waals surface area contributed by atoms with Crippen molar-refractivity contribution in [1.29, 1.82) is 0 Å². The Bertz CT molecular complexity index is 832. The standard InChI is InChI=1S/C18H18N2O2/c1-12-8-10-13(11-9-12)19-18(21)16-17(22-3)14-6-4-5-7-15(14)20(16)2/h4-11H,1-3H3,(H,19,21). The highest BCUT2D eigenvalue weighted by molar-refractivity contribution is 6.10. The smallest absolute Gasteiger partial charge is 0.276 e. The molecule has 4 nitrogen and oxygen atoms in total. The number of hydrogen-bond acceptors (Lipinski definition) is 2. The second kappa shape index (κ2) is 5.56. The van der Waals surface area contributed by atoms with Crippen molar-refractivity contribution in [1.82, 2.24) is 4.57 Å². The van der Waals surface area contributed by atoms with Crippen LogP contribution in [-0.2, 0) is 7.05 Å². The Morgan fingerprint density at radius 3 is 2.45 bits per heavy atom. The average Bonchev–Trinajstić information content (AvgIpc) is 2.82. The van der Waals surface area contributed by atoms with Crippen LogP contribution in [0.25, 0.3) is 10.9 Å². The van der Waals surface area contributed by atoms with Crippen molar-refractivity contribution in [2.75, 3.05) is 12.4 Å². The Kier molecular flexibility index (Phi) is 3.59. The molecule has 1 amide bonds. The molecule has 0 bridgehead atoms. The van der Waals surface area contributed by atoms with E-state index < -0.39 is 0 Å². The van der Waals surface area contributed by atoms with Crippen LogP contribution in [0.3, 0.4) is 0 Å². The molecule has 0 atom stereocenters. The van der Waals surface area contributed by atoms with Gasteiger partial charge in [0.2, 0.25) is 0 Å². The third-order valence-corrected chi connectivity index (χ3v) is 3.79. The predicted molar refractivity (Wildman–Crippen MR) is 88.6 cm³/mol. The third kappa shape index (κ3) is 2.33. The Labute approximate surface area is 129 Å². The van der Waals surface area contributed by atoms with E-state index in [1.54, 1.807) is 7.11 Å². The van der Waals surface area contributed by atoms with Crippen molar-refractivity contribution in [3.8, 4) is 5.75 Å². The second-order valence-electron chi connectivity index (χ2n) is 5.28. The number of amides is 1. The number of carbonyl (C=O) groups excluding carboxylic acids is 1. The normalized spacial score (nSPS) is 10.7. The van der Waals surface area contributed by atoms with E-state index in [-0.39, 0.29) is 5.91 Å². The van der Waals surface area contributed by atoms with Crippen molar-refractivity contribution in [2.45, 2.75) is 6.92 Å². The summed E-state index contributed by atoms with van der Waals surface area (Å²) in [5.74, 6) is 0.419. The Morgan fingerprint density at radius 2 is 1.77 bits per heavy atom. The number of rotatable bonds is 3. The minimum atomic E-state index is -0.181. The number of nitrogens with zero attached hydrogens (tertiary/aromatic N) is 1. The van der Waals surface area contributed by atoms with E-state index in [2.05, 4.69) is 5.32 Å². The molecule has 3 rings (SSSR count). The van der Waals surface area contributed by atoms with Gasteiger partial charge in [-0.1, -0.05) is 29.8 Å². The van der Waals surface area contributed by atoms with Crippen LogP contribution in [0.15, 0.2) is 48.5 Å². The molecule has 1 heterocycles. The maximum Gasteiger partial charge on any atom is 0.276 e. The van der Waals surface area contributed by atoms with Gasteiger partial charge in [-0.05, 0) is 31.2 Å². The first-order valence-electron chi connectivity index (χ1n) is 7.11. The quantitative estimate of drug-likeness (QED) is 0.799. The monoisotopic (exact) mass is 294 g/mol. The molecule has 0 spiro atoms. The molecule has 22 heavy (non-hydrogen) atoms. The molecule has 3 aromatic rings. The molecule has 0 saturated heterocycles. The largest absolute Gasteiger partial charge is 0.494 e. The van der Waals surface area contributed by atoms with Gasteiger partial charge in [-0.3, -0.25) is 4.79 Å². The number of para-hydroxylation sites is 1. The zero-order valence-corrected chi connectivity index (χ0v) is 12.9. The summed E-state index contributed by atoms with van der Waals surface area (Å²) in [4.78, 5) is 12.7. The van der Waals surface area contributed by atoms with Gasteiger partial charge in [0, 0.05) is 18.1 Å². The van der Waals surface area contributed by atoms with Crippen LogP contribution in [-0.4, -0.2) is 17.6 Å². The summed E-state index contributed by atoms with van der Waals surface area (Å²) in [5.41, 5.74) is 3.40. The van der Waals surface area contributed by atoms with E-state index >= 15 is 0 Å². The van der Waals surface area contributed by atoms with Crippen LogP contribution in [0.4, 0.5) is 5.69 Å². The SMILES string of the molecule is COc1c(C(=O)Nc2ccc(C)cc2)n(C)c2ccccc12. The molecule has 1 aromatic heterocycles. The summed E-state index contributed by atoms with van der Waals surface area (Å²) in [7, 11) is 3.46. The van der Waals surface area contributed by atoms with Gasteiger partial charge in [-0.25, -0.2) is 0 Å². The van der Waals surface area contributed by atoms with E-state index in [9.17, 15) is 4.79 Å². The molecule has 0 unspecified atom stereocenters. The van der Waals surface area contributed by atoms with Crippen LogP contribution in [0.1, 0.15) is 16.1 Å². The number of aryl methyl sites for hydroxylation is 2. The Morgan fingerprint density at radius 1 is 1.09 bits per heavy atom. The molecule has 0 aliphatic heterocycles. The minimum Gasteiger partial charge on any atom is -0.494 e. The van der Waals surface area contributed by atoms with Gasteiger partial charge in [0.05, 0.1) is 12.6 Å². The summed E-state index contributed by atoms with van der Waals surface area (Å²) in [6.45, 7) is 2.01. The Hall–Kier alpha value is -2.75. The van der Waals surface area contributed by atoms with Crippen molar-refractivity contribution in [3.05, 3.63) is 59.8 Å². The molecule has 4 heteroatoms. The van der Waals surface area contributed by atoms with E-state index in [1.807, 2.05) is 67.1 Å². The van der Waals surface area contributed by atoms with Crippen LogP contribution < -0.4 is 10.1 Å². The topological polar surface area (TPSA) is 43.3 Å². The van der Waals surface area contributed by atoms with Crippen LogP contribution in [0.2, 0.25) is 0 Å². The summed E-state index contributed by atoms with van der Waals surface area (Å²) in [6.07, 6.45) is 0. The van der Waals surface area contributed by atoms with E-state index in [0.29, 0.717) is 11.4 Å². The maximum absolute atomic E-state index is 12.7. The van der Waals surface area contributed by atoms with Crippen LogP contribution >= 0.6 is 0 Å². The third-order valence-electron chi connectivity index (χ3n) is 3.79. The zero-order chi connectivity index (χ0) is 15.7. The number of carbonyl (C=O) groups is 1.